The fraction of sp³-hybridized carbons (Fsp3) is 0.259. The van der Waals surface area contributed by atoms with Crippen LogP contribution in [-0.2, 0) is 17.9 Å². The average molecular weight is 462 g/mol. The van der Waals surface area contributed by atoms with Crippen molar-refractivity contribution in [2.24, 2.45) is 5.92 Å². The number of nitrogens with zero attached hydrogens (tertiary/aromatic N) is 1. The van der Waals surface area contributed by atoms with E-state index in [4.69, 9.17) is 4.74 Å². The zero-order valence-corrected chi connectivity index (χ0v) is 18.9. The minimum atomic E-state index is -0.328. The van der Waals surface area contributed by atoms with Crippen LogP contribution in [-0.4, -0.2) is 29.9 Å². The number of likely N-dealkylation sites (tertiary alicyclic amines) is 1. The van der Waals surface area contributed by atoms with E-state index in [1.807, 2.05) is 54.6 Å². The lowest BCUT2D eigenvalue weighted by Crippen LogP contribution is -2.46. The van der Waals surface area contributed by atoms with Gasteiger partial charge in [0, 0.05) is 37.7 Å². The van der Waals surface area contributed by atoms with Gasteiger partial charge in [-0.1, -0.05) is 48.5 Å². The Kier molecular flexibility index (Phi) is 7.75. The zero-order chi connectivity index (χ0) is 23.8. The monoisotopic (exact) mass is 461 g/mol. The van der Waals surface area contributed by atoms with E-state index in [2.05, 4.69) is 10.6 Å². The number of ether oxygens (including phenoxy) is 1. The van der Waals surface area contributed by atoms with Crippen LogP contribution in [0, 0.1) is 11.7 Å². The number of piperidine rings is 1. The Morgan fingerprint density at radius 1 is 0.853 bits per heavy atom. The molecule has 2 N–H and O–H groups in total. The smallest absolute Gasteiger partial charge is 0.317 e. The average Bonchev–Trinajstić information content (AvgIpc) is 2.88. The molecule has 3 amide bonds. The molecule has 1 heterocycles. The lowest BCUT2D eigenvalue weighted by atomic mass is 9.96. The Hall–Kier alpha value is -3.87. The number of carbonyl (C=O) groups excluding carboxylic acids is 2. The molecule has 1 aliphatic rings. The summed E-state index contributed by atoms with van der Waals surface area (Å²) in [6.07, 6.45) is 1.27. The van der Waals surface area contributed by atoms with Crippen molar-refractivity contribution in [1.82, 2.24) is 15.5 Å². The summed E-state index contributed by atoms with van der Waals surface area (Å²) in [5.74, 6) is 0.745. The van der Waals surface area contributed by atoms with Gasteiger partial charge >= 0.3 is 6.03 Å². The van der Waals surface area contributed by atoms with Gasteiger partial charge in [0.05, 0.1) is 0 Å². The minimum absolute atomic E-state index is 0.0378. The van der Waals surface area contributed by atoms with Crippen molar-refractivity contribution in [2.75, 3.05) is 13.1 Å². The van der Waals surface area contributed by atoms with E-state index in [0.717, 1.165) is 11.1 Å². The van der Waals surface area contributed by atoms with E-state index >= 15 is 0 Å². The van der Waals surface area contributed by atoms with Gasteiger partial charge in [-0.15, -0.1) is 0 Å². The molecule has 34 heavy (non-hydrogen) atoms. The summed E-state index contributed by atoms with van der Waals surface area (Å²) >= 11 is 0. The molecule has 1 saturated heterocycles. The fourth-order valence-corrected chi connectivity index (χ4v) is 3.94. The molecular formula is C27H28FN3O3. The Bertz CT molecular complexity index is 1100. The van der Waals surface area contributed by atoms with Crippen molar-refractivity contribution < 1.29 is 18.7 Å². The van der Waals surface area contributed by atoms with Crippen LogP contribution in [0.2, 0.25) is 0 Å². The van der Waals surface area contributed by atoms with Crippen LogP contribution in [0.25, 0.3) is 0 Å². The second-order valence-corrected chi connectivity index (χ2v) is 8.29. The molecule has 0 unspecified atom stereocenters. The summed E-state index contributed by atoms with van der Waals surface area (Å²) in [6, 6.07) is 22.8. The van der Waals surface area contributed by atoms with Gasteiger partial charge in [-0.25, -0.2) is 9.18 Å². The first-order chi connectivity index (χ1) is 16.6. The zero-order valence-electron chi connectivity index (χ0n) is 18.9. The van der Waals surface area contributed by atoms with Crippen molar-refractivity contribution in [2.45, 2.75) is 25.9 Å². The Balaban J connectivity index is 1.24. The van der Waals surface area contributed by atoms with Crippen LogP contribution in [0.5, 0.6) is 11.5 Å². The van der Waals surface area contributed by atoms with E-state index < -0.39 is 0 Å². The van der Waals surface area contributed by atoms with E-state index in [1.54, 1.807) is 17.0 Å². The summed E-state index contributed by atoms with van der Waals surface area (Å²) in [5.41, 5.74) is 1.88. The summed E-state index contributed by atoms with van der Waals surface area (Å²) in [5, 5.41) is 5.94. The quantitative estimate of drug-likeness (QED) is 0.528. The molecule has 0 saturated carbocycles. The number of para-hydroxylation sites is 1. The maximum absolute atomic E-state index is 13.1. The van der Waals surface area contributed by atoms with Crippen LogP contribution in [0.3, 0.4) is 0 Å². The standard InChI is InChI=1S/C27H28FN3O3/c28-23-10-12-24(13-11-23)34-25-9-5-4-8-22(25)19-30-27(33)31-16-14-21(15-17-31)26(32)29-18-20-6-2-1-3-7-20/h1-13,21H,14-19H2,(H,29,32)(H,30,33). The van der Waals surface area contributed by atoms with E-state index in [1.165, 1.54) is 12.1 Å². The maximum atomic E-state index is 13.1. The van der Waals surface area contributed by atoms with Crippen molar-refractivity contribution >= 4 is 11.9 Å². The molecule has 4 rings (SSSR count). The Labute approximate surface area is 198 Å². The molecular weight excluding hydrogens is 433 g/mol. The number of rotatable bonds is 7. The molecule has 0 bridgehead atoms. The first-order valence-corrected chi connectivity index (χ1v) is 11.4. The van der Waals surface area contributed by atoms with Crippen molar-refractivity contribution in [3.8, 4) is 11.5 Å². The van der Waals surface area contributed by atoms with Gasteiger partial charge < -0.3 is 20.3 Å². The summed E-state index contributed by atoms with van der Waals surface area (Å²) in [4.78, 5) is 26.9. The van der Waals surface area contributed by atoms with Crippen LogP contribution >= 0.6 is 0 Å². The highest BCUT2D eigenvalue weighted by Crippen LogP contribution is 2.25. The summed E-state index contributed by atoms with van der Waals surface area (Å²) in [6.45, 7) is 1.87. The number of hydrogen-bond donors (Lipinski definition) is 2. The number of hydrogen-bond acceptors (Lipinski definition) is 3. The van der Waals surface area contributed by atoms with Crippen LogP contribution in [0.15, 0.2) is 78.9 Å². The molecule has 0 spiro atoms. The molecule has 6 nitrogen and oxygen atoms in total. The number of benzene rings is 3. The first kappa shape index (κ1) is 23.3. The van der Waals surface area contributed by atoms with Gasteiger partial charge in [-0.05, 0) is 48.7 Å². The number of amides is 3. The number of halogens is 1. The summed E-state index contributed by atoms with van der Waals surface area (Å²) < 4.78 is 19.0. The van der Waals surface area contributed by atoms with Crippen molar-refractivity contribution in [1.29, 1.82) is 0 Å². The molecule has 0 aromatic heterocycles. The van der Waals surface area contributed by atoms with Gasteiger partial charge in [0.25, 0.3) is 0 Å². The molecule has 0 aliphatic carbocycles. The molecule has 3 aromatic carbocycles. The highest BCUT2D eigenvalue weighted by atomic mass is 19.1. The third kappa shape index (κ3) is 6.34. The third-order valence-electron chi connectivity index (χ3n) is 5.91. The van der Waals surface area contributed by atoms with Gasteiger partial charge in [0.1, 0.15) is 17.3 Å². The Morgan fingerprint density at radius 2 is 1.53 bits per heavy atom. The fourth-order valence-electron chi connectivity index (χ4n) is 3.94. The van der Waals surface area contributed by atoms with Gasteiger partial charge in [0.15, 0.2) is 0 Å². The van der Waals surface area contributed by atoms with E-state index in [-0.39, 0.29) is 23.7 Å². The topological polar surface area (TPSA) is 70.7 Å². The predicted molar refractivity (Wildman–Crippen MR) is 128 cm³/mol. The van der Waals surface area contributed by atoms with E-state index in [9.17, 15) is 14.0 Å². The highest BCUT2D eigenvalue weighted by molar-refractivity contribution is 5.79. The SMILES string of the molecule is O=C(NCc1ccccc1)C1CCN(C(=O)NCc2ccccc2Oc2ccc(F)cc2)CC1. The molecule has 0 radical (unpaired) electrons. The first-order valence-electron chi connectivity index (χ1n) is 11.4. The van der Waals surface area contributed by atoms with E-state index in [0.29, 0.717) is 50.5 Å². The molecule has 7 heteroatoms. The lowest BCUT2D eigenvalue weighted by molar-refractivity contribution is -0.126. The molecule has 3 aromatic rings. The molecule has 0 atom stereocenters. The largest absolute Gasteiger partial charge is 0.457 e. The van der Waals surface area contributed by atoms with Crippen LogP contribution in [0.1, 0.15) is 24.0 Å². The number of nitrogens with one attached hydrogen (secondary N) is 2. The van der Waals surface area contributed by atoms with Crippen molar-refractivity contribution in [3.05, 3.63) is 95.8 Å². The second kappa shape index (κ2) is 11.3. The molecule has 1 fully saturated rings. The third-order valence-corrected chi connectivity index (χ3v) is 5.91. The lowest BCUT2D eigenvalue weighted by Gasteiger charge is -2.31. The van der Waals surface area contributed by atoms with Crippen molar-refractivity contribution in [3.63, 3.8) is 0 Å². The van der Waals surface area contributed by atoms with Gasteiger partial charge in [-0.3, -0.25) is 4.79 Å². The second-order valence-electron chi connectivity index (χ2n) is 8.29. The maximum Gasteiger partial charge on any atom is 0.317 e. The minimum Gasteiger partial charge on any atom is -0.457 e. The normalized spacial score (nSPS) is 13.9. The van der Waals surface area contributed by atoms with Crippen LogP contribution in [0.4, 0.5) is 9.18 Å². The molecule has 176 valence electrons. The number of urea groups is 1. The molecule has 1 aliphatic heterocycles. The van der Waals surface area contributed by atoms with Gasteiger partial charge in [0.2, 0.25) is 5.91 Å². The summed E-state index contributed by atoms with van der Waals surface area (Å²) in [7, 11) is 0. The Morgan fingerprint density at radius 3 is 2.26 bits per heavy atom. The highest BCUT2D eigenvalue weighted by Gasteiger charge is 2.27. The van der Waals surface area contributed by atoms with Crippen LogP contribution < -0.4 is 15.4 Å². The van der Waals surface area contributed by atoms with Gasteiger partial charge in [-0.2, -0.15) is 0 Å². The predicted octanol–water partition coefficient (Wildman–Crippen LogP) is 4.86. The number of carbonyl (C=O) groups is 2.